The Labute approximate surface area is 191 Å². The van der Waals surface area contributed by atoms with E-state index in [-0.39, 0.29) is 17.5 Å². The normalized spacial score (nSPS) is 29.2. The van der Waals surface area contributed by atoms with Gasteiger partial charge in [0.15, 0.2) is 11.5 Å². The van der Waals surface area contributed by atoms with Crippen molar-refractivity contribution >= 4 is 5.91 Å². The Morgan fingerprint density at radius 2 is 1.78 bits per heavy atom. The van der Waals surface area contributed by atoms with Gasteiger partial charge in [-0.25, -0.2) is 0 Å². The van der Waals surface area contributed by atoms with Crippen molar-refractivity contribution in [3.63, 3.8) is 0 Å². The van der Waals surface area contributed by atoms with E-state index in [9.17, 15) is 10.1 Å². The van der Waals surface area contributed by atoms with E-state index in [1.54, 1.807) is 20.4 Å². The number of carbonyl (C=O) groups excluding carboxylic acids is 1. The van der Waals surface area contributed by atoms with Gasteiger partial charge in [0.05, 0.1) is 14.2 Å². The Morgan fingerprint density at radius 1 is 1.16 bits per heavy atom. The fourth-order valence-corrected chi connectivity index (χ4v) is 6.69. The van der Waals surface area contributed by atoms with Gasteiger partial charge < -0.3 is 20.1 Å². The molecule has 4 bridgehead atoms. The number of nitrogens with one attached hydrogen (secondary N) is 2. The van der Waals surface area contributed by atoms with Gasteiger partial charge in [-0.15, -0.1) is 0 Å². The lowest BCUT2D eigenvalue weighted by molar-refractivity contribution is -0.117. The van der Waals surface area contributed by atoms with Crippen LogP contribution in [0.3, 0.4) is 0 Å². The Hall–Kier alpha value is -2.68. The Morgan fingerprint density at radius 3 is 2.34 bits per heavy atom. The summed E-state index contributed by atoms with van der Waals surface area (Å²) >= 11 is 0. The molecule has 6 heteroatoms. The van der Waals surface area contributed by atoms with E-state index in [0.717, 1.165) is 23.3 Å². The van der Waals surface area contributed by atoms with E-state index in [2.05, 4.69) is 23.6 Å². The smallest absolute Gasteiger partial charge is 0.263 e. The quantitative estimate of drug-likeness (QED) is 0.451. The van der Waals surface area contributed by atoms with E-state index in [1.807, 2.05) is 18.2 Å². The van der Waals surface area contributed by atoms with Crippen LogP contribution in [0.4, 0.5) is 0 Å². The highest BCUT2D eigenvalue weighted by Crippen LogP contribution is 2.61. The summed E-state index contributed by atoms with van der Waals surface area (Å²) in [5.74, 6) is 3.64. The van der Waals surface area contributed by atoms with Crippen molar-refractivity contribution in [1.82, 2.24) is 10.6 Å². The van der Waals surface area contributed by atoms with E-state index in [0.29, 0.717) is 29.9 Å². The number of carbonyl (C=O) groups is 1. The number of ether oxygens (including phenoxy) is 2. The van der Waals surface area contributed by atoms with Gasteiger partial charge in [-0.05, 0) is 92.7 Å². The molecule has 1 aromatic carbocycles. The standard InChI is InChI=1S/C26H35N3O3/c1-17(26-12-19-8-20(13-26)10-21(9-19)14-26)29-16-22(15-27)25(30)28-7-6-18-4-5-23(31-2)24(11-18)32-3/h4-5,11,16-17,19-21,29H,6-10,12-14H2,1-3H3,(H,28,30)/b22-16-. The maximum atomic E-state index is 12.6. The average molecular weight is 438 g/mol. The third-order valence-electron chi connectivity index (χ3n) is 7.99. The van der Waals surface area contributed by atoms with Crippen LogP contribution in [0.25, 0.3) is 0 Å². The number of nitrogens with zero attached hydrogens (tertiary/aromatic N) is 1. The monoisotopic (exact) mass is 437 g/mol. The zero-order valence-corrected chi connectivity index (χ0v) is 19.4. The minimum atomic E-state index is -0.335. The lowest BCUT2D eigenvalue weighted by Crippen LogP contribution is -2.54. The van der Waals surface area contributed by atoms with Crippen LogP contribution in [0.15, 0.2) is 30.0 Å². The average Bonchev–Trinajstić information content (AvgIpc) is 2.78. The summed E-state index contributed by atoms with van der Waals surface area (Å²) < 4.78 is 10.6. The first-order chi connectivity index (χ1) is 15.5. The van der Waals surface area contributed by atoms with Crippen molar-refractivity contribution in [1.29, 1.82) is 5.26 Å². The van der Waals surface area contributed by atoms with Crippen molar-refractivity contribution in [2.45, 2.75) is 57.9 Å². The summed E-state index contributed by atoms with van der Waals surface area (Å²) in [5.41, 5.74) is 1.49. The van der Waals surface area contributed by atoms with Gasteiger partial charge in [0, 0.05) is 18.8 Å². The SMILES string of the molecule is COc1ccc(CCNC(=O)/C(C#N)=C\NC(C)C23CC4CC(CC(C4)C2)C3)cc1OC. The number of amides is 1. The fourth-order valence-electron chi connectivity index (χ4n) is 6.69. The van der Waals surface area contributed by atoms with Crippen molar-refractivity contribution in [3.8, 4) is 17.6 Å². The van der Waals surface area contributed by atoms with Crippen molar-refractivity contribution in [3.05, 3.63) is 35.5 Å². The maximum absolute atomic E-state index is 12.6. The first-order valence-corrected chi connectivity index (χ1v) is 11.8. The molecule has 1 aromatic rings. The molecular weight excluding hydrogens is 402 g/mol. The third kappa shape index (κ3) is 4.57. The van der Waals surface area contributed by atoms with E-state index < -0.39 is 0 Å². The van der Waals surface area contributed by atoms with Crippen LogP contribution < -0.4 is 20.1 Å². The molecule has 4 saturated carbocycles. The maximum Gasteiger partial charge on any atom is 0.263 e. The van der Waals surface area contributed by atoms with E-state index in [4.69, 9.17) is 9.47 Å². The highest BCUT2D eigenvalue weighted by atomic mass is 16.5. The number of benzene rings is 1. The van der Waals surface area contributed by atoms with Crippen molar-refractivity contribution < 1.29 is 14.3 Å². The van der Waals surface area contributed by atoms with Gasteiger partial charge in [0.2, 0.25) is 0 Å². The molecule has 32 heavy (non-hydrogen) atoms. The van der Waals surface area contributed by atoms with E-state index >= 15 is 0 Å². The number of hydrogen-bond donors (Lipinski definition) is 2. The molecule has 1 unspecified atom stereocenters. The summed E-state index contributed by atoms with van der Waals surface area (Å²) in [6.45, 7) is 2.67. The lowest BCUT2D eigenvalue weighted by Gasteiger charge is -2.59. The second-order valence-electron chi connectivity index (χ2n) is 10.0. The van der Waals surface area contributed by atoms with Gasteiger partial charge >= 0.3 is 0 Å². The number of nitriles is 1. The molecular formula is C26H35N3O3. The van der Waals surface area contributed by atoms with Gasteiger partial charge in [-0.1, -0.05) is 6.07 Å². The van der Waals surface area contributed by atoms with Crippen molar-refractivity contribution in [2.24, 2.45) is 23.2 Å². The first-order valence-electron chi connectivity index (χ1n) is 11.8. The molecule has 4 aliphatic rings. The fraction of sp³-hybridized carbons (Fsp3) is 0.615. The molecule has 1 amide bonds. The molecule has 2 N–H and O–H groups in total. The topological polar surface area (TPSA) is 83.4 Å². The zero-order chi connectivity index (χ0) is 22.7. The van der Waals surface area contributed by atoms with Crippen LogP contribution in [-0.2, 0) is 11.2 Å². The molecule has 0 aromatic heterocycles. The largest absolute Gasteiger partial charge is 0.493 e. The summed E-state index contributed by atoms with van der Waals surface area (Å²) in [4.78, 5) is 12.6. The Bertz CT molecular complexity index is 882. The minimum absolute atomic E-state index is 0.133. The summed E-state index contributed by atoms with van der Waals surface area (Å²) in [5, 5.41) is 15.8. The van der Waals surface area contributed by atoms with Gasteiger partial charge in [0.25, 0.3) is 5.91 Å². The predicted octanol–water partition coefficient (Wildman–Crippen LogP) is 3.96. The van der Waals surface area contributed by atoms with Crippen LogP contribution >= 0.6 is 0 Å². The van der Waals surface area contributed by atoms with Crippen LogP contribution in [-0.4, -0.2) is 32.7 Å². The van der Waals surface area contributed by atoms with Crippen LogP contribution in [0, 0.1) is 34.5 Å². The highest BCUT2D eigenvalue weighted by Gasteiger charge is 2.53. The van der Waals surface area contributed by atoms with Crippen LogP contribution in [0.5, 0.6) is 11.5 Å². The van der Waals surface area contributed by atoms with Crippen molar-refractivity contribution in [2.75, 3.05) is 20.8 Å². The first kappa shape index (κ1) is 22.5. The lowest BCUT2D eigenvalue weighted by atomic mass is 9.48. The molecule has 4 fully saturated rings. The molecule has 0 heterocycles. The molecule has 0 radical (unpaired) electrons. The zero-order valence-electron chi connectivity index (χ0n) is 19.4. The predicted molar refractivity (Wildman–Crippen MR) is 123 cm³/mol. The van der Waals surface area contributed by atoms with Crippen LogP contribution in [0.1, 0.15) is 51.0 Å². The second kappa shape index (κ2) is 9.44. The highest BCUT2D eigenvalue weighted by molar-refractivity contribution is 5.97. The molecule has 0 aliphatic heterocycles. The molecule has 5 rings (SSSR count). The van der Waals surface area contributed by atoms with Gasteiger partial charge in [-0.3, -0.25) is 4.79 Å². The number of hydrogen-bond acceptors (Lipinski definition) is 5. The van der Waals surface area contributed by atoms with Crippen LogP contribution in [0.2, 0.25) is 0 Å². The summed E-state index contributed by atoms with van der Waals surface area (Å²) in [6.07, 6.45) is 10.4. The molecule has 1 atom stereocenters. The summed E-state index contributed by atoms with van der Waals surface area (Å²) in [6, 6.07) is 8.04. The molecule has 6 nitrogen and oxygen atoms in total. The van der Waals surface area contributed by atoms with Gasteiger partial charge in [-0.2, -0.15) is 5.26 Å². The second-order valence-corrected chi connectivity index (χ2v) is 10.0. The molecule has 0 saturated heterocycles. The minimum Gasteiger partial charge on any atom is -0.493 e. The Balaban J connectivity index is 1.30. The Kier molecular flexibility index (Phi) is 6.64. The molecule has 172 valence electrons. The number of rotatable bonds is 9. The molecule has 4 aliphatic carbocycles. The third-order valence-corrected chi connectivity index (χ3v) is 7.99. The number of methoxy groups -OCH3 is 2. The van der Waals surface area contributed by atoms with Gasteiger partial charge in [0.1, 0.15) is 11.6 Å². The van der Waals surface area contributed by atoms with E-state index in [1.165, 1.54) is 38.5 Å². The molecule has 0 spiro atoms. The summed E-state index contributed by atoms with van der Waals surface area (Å²) in [7, 11) is 3.20.